The summed E-state index contributed by atoms with van der Waals surface area (Å²) in [6, 6.07) is 0. The van der Waals surface area contributed by atoms with Gasteiger partial charge in [0.15, 0.2) is 0 Å². The van der Waals surface area contributed by atoms with Crippen molar-refractivity contribution in [2.75, 3.05) is 0 Å². The van der Waals surface area contributed by atoms with Crippen molar-refractivity contribution in [1.82, 2.24) is 5.32 Å². The molecule has 1 aliphatic rings. The first-order chi connectivity index (χ1) is 6.63. The van der Waals surface area contributed by atoms with Crippen LogP contribution in [-0.4, -0.2) is 10.3 Å². The molecule has 76 valence electrons. The molecule has 1 amide bonds. The number of carbonyl (C=O) groups excluding carboxylic acids is 1. The predicted molar refractivity (Wildman–Crippen MR) is 54.4 cm³/mol. The molecular weight excluding hydrogens is 346 g/mol. The van der Waals surface area contributed by atoms with E-state index in [-0.39, 0.29) is 5.91 Å². The van der Waals surface area contributed by atoms with Crippen LogP contribution in [-0.2, 0) is 24.1 Å². The molecule has 0 saturated heterocycles. The molecule has 0 aliphatic carbocycles. The molecule has 1 N–H and O–H groups in total. The average Bonchev–Trinajstić information content (AvgIpc) is 2.16. The second-order valence-corrected chi connectivity index (χ2v) is 4.55. The van der Waals surface area contributed by atoms with Crippen molar-refractivity contribution in [1.29, 1.82) is 0 Å². The van der Waals surface area contributed by atoms with Gasteiger partial charge in [0.05, 0.1) is 0 Å². The van der Waals surface area contributed by atoms with E-state index in [2.05, 4.69) is 29.6 Å². The second kappa shape index (κ2) is 5.40. The Morgan fingerprint density at radius 1 is 1.57 bits per heavy atom. The molecule has 0 aromatic heterocycles. The van der Waals surface area contributed by atoms with Gasteiger partial charge in [-0.15, -0.1) is 0 Å². The van der Waals surface area contributed by atoms with Gasteiger partial charge in [-0.2, -0.15) is 0 Å². The zero-order valence-electron chi connectivity index (χ0n) is 8.54. The Morgan fingerprint density at radius 3 is 2.71 bits per heavy atom. The van der Waals surface area contributed by atoms with Crippen LogP contribution in [0.15, 0.2) is 23.4 Å². The van der Waals surface area contributed by atoms with Crippen molar-refractivity contribution < 1.29 is 24.1 Å². The van der Waals surface area contributed by atoms with Crippen LogP contribution in [0.4, 0.5) is 0 Å². The summed E-state index contributed by atoms with van der Waals surface area (Å²) in [6.45, 7) is 4.38. The zero-order chi connectivity index (χ0) is 10.6. The Hall–Kier alpha value is -0.492. The van der Waals surface area contributed by atoms with Crippen LogP contribution in [0, 0.1) is 5.92 Å². The van der Waals surface area contributed by atoms with Crippen LogP contribution in [0.3, 0.4) is 0 Å². The minimum atomic E-state index is 0.124. The van der Waals surface area contributed by atoms with E-state index in [9.17, 15) is 4.79 Å². The van der Waals surface area contributed by atoms with Crippen molar-refractivity contribution in [2.45, 2.75) is 26.7 Å². The van der Waals surface area contributed by atoms with Crippen LogP contribution in [0.5, 0.6) is 0 Å². The molecule has 14 heavy (non-hydrogen) atoms. The van der Waals surface area contributed by atoms with Crippen molar-refractivity contribution in [3.8, 4) is 0 Å². The first-order valence-electron chi connectivity index (χ1n) is 4.78. The van der Waals surface area contributed by atoms with Crippen molar-refractivity contribution >= 4 is 10.3 Å². The van der Waals surface area contributed by atoms with Gasteiger partial charge in [0.1, 0.15) is 0 Å². The monoisotopic (exact) mass is 361 g/mol. The molecule has 0 saturated carbocycles. The Kier molecular flexibility index (Phi) is 4.47. The third-order valence-electron chi connectivity index (χ3n) is 2.21. The number of hydrogen-bond donors (Lipinski definition) is 1. The maximum absolute atomic E-state index is 10.9. The fourth-order valence-electron chi connectivity index (χ4n) is 1.24. The summed E-state index contributed by atoms with van der Waals surface area (Å²) >= 11 is 1.47. The van der Waals surface area contributed by atoms with Gasteiger partial charge in [-0.3, -0.25) is 0 Å². The summed E-state index contributed by atoms with van der Waals surface area (Å²) in [6.07, 6.45) is 5.50. The van der Waals surface area contributed by atoms with Crippen molar-refractivity contribution in [2.24, 2.45) is 5.92 Å². The molecule has 1 rings (SSSR count). The number of hydrogen-bond acceptors (Lipinski definition) is 1. The minimum absolute atomic E-state index is 0.124. The first kappa shape index (κ1) is 11.6. The maximum atomic E-state index is 10.9. The fourth-order valence-corrected chi connectivity index (χ4v) is 2.46. The average molecular weight is 361 g/mol. The molecule has 1 aliphatic heterocycles. The SMILES string of the molecule is CC(C)/C([CH]=[W])=C/C1=CNC(=O)CC1. The molecule has 0 atom stereocenters. The predicted octanol–water partition coefficient (Wildman–Crippen LogP) is 1.71. The molecule has 2 nitrogen and oxygen atoms in total. The normalized spacial score (nSPS) is 17.8. The molecule has 0 radical (unpaired) electrons. The summed E-state index contributed by atoms with van der Waals surface area (Å²) in [5.74, 6) is 0.686. The summed E-state index contributed by atoms with van der Waals surface area (Å²) in [5, 5.41) is 2.75. The van der Waals surface area contributed by atoms with E-state index in [1.807, 2.05) is 6.20 Å². The van der Waals surface area contributed by atoms with Gasteiger partial charge < -0.3 is 0 Å². The quantitative estimate of drug-likeness (QED) is 0.815. The van der Waals surface area contributed by atoms with Crippen molar-refractivity contribution in [3.63, 3.8) is 0 Å². The third kappa shape index (κ3) is 3.34. The van der Waals surface area contributed by atoms with Crippen LogP contribution in [0.1, 0.15) is 26.7 Å². The standard InChI is InChI=1S/C11H15NO.W/c1-8(2)9(3)6-10-4-5-11(13)12-7-10;/h3,6-8H,4-5H2,1-2H3,(H,12,13);/b9-6+;. The number of carbonyl (C=O) groups is 1. The molecule has 0 bridgehead atoms. The van der Waals surface area contributed by atoms with Gasteiger partial charge in [-0.05, 0) is 0 Å². The van der Waals surface area contributed by atoms with E-state index in [4.69, 9.17) is 0 Å². The molecule has 1 heterocycles. The van der Waals surface area contributed by atoms with Crippen LogP contribution in [0.25, 0.3) is 0 Å². The fraction of sp³-hybridized carbons (Fsp3) is 0.455. The van der Waals surface area contributed by atoms with E-state index in [1.165, 1.54) is 30.5 Å². The van der Waals surface area contributed by atoms with Gasteiger partial charge in [0.2, 0.25) is 0 Å². The molecule has 0 aromatic rings. The molecule has 0 spiro atoms. The summed E-state index contributed by atoms with van der Waals surface area (Å²) in [5.41, 5.74) is 2.59. The number of allylic oxidation sites excluding steroid dienone is 3. The third-order valence-corrected chi connectivity index (χ3v) is 3.19. The van der Waals surface area contributed by atoms with E-state index >= 15 is 0 Å². The Labute approximate surface area is 95.9 Å². The number of nitrogens with one attached hydrogen (secondary N) is 1. The first-order valence-corrected chi connectivity index (χ1v) is 6.48. The molecule has 0 fully saturated rings. The summed E-state index contributed by atoms with van der Waals surface area (Å²) in [4.78, 5) is 10.9. The van der Waals surface area contributed by atoms with Gasteiger partial charge in [0.25, 0.3) is 0 Å². The van der Waals surface area contributed by atoms with Crippen molar-refractivity contribution in [3.05, 3.63) is 23.4 Å². The Bertz CT molecular complexity index is 302. The topological polar surface area (TPSA) is 29.1 Å². The molecular formula is C11H15NOW. The van der Waals surface area contributed by atoms with Gasteiger partial charge in [-0.1, -0.05) is 0 Å². The molecule has 0 aromatic carbocycles. The van der Waals surface area contributed by atoms with Gasteiger partial charge >= 0.3 is 95.8 Å². The van der Waals surface area contributed by atoms with Gasteiger partial charge in [-0.25, -0.2) is 0 Å². The van der Waals surface area contributed by atoms with E-state index < -0.39 is 0 Å². The van der Waals surface area contributed by atoms with E-state index in [0.717, 1.165) is 6.42 Å². The van der Waals surface area contributed by atoms with Crippen LogP contribution in [0.2, 0.25) is 0 Å². The van der Waals surface area contributed by atoms with Crippen LogP contribution < -0.4 is 5.32 Å². The Balaban J connectivity index is 2.75. The zero-order valence-corrected chi connectivity index (χ0v) is 11.5. The van der Waals surface area contributed by atoms with E-state index in [1.54, 1.807) is 0 Å². The summed E-state index contributed by atoms with van der Waals surface area (Å²) in [7, 11) is 0. The Morgan fingerprint density at radius 2 is 2.29 bits per heavy atom. The molecule has 0 unspecified atom stereocenters. The van der Waals surface area contributed by atoms with Gasteiger partial charge in [0, 0.05) is 0 Å². The van der Waals surface area contributed by atoms with E-state index in [0.29, 0.717) is 12.3 Å². The number of rotatable bonds is 3. The molecule has 3 heteroatoms. The van der Waals surface area contributed by atoms with Crippen LogP contribution >= 0.6 is 0 Å². The number of amides is 1. The second-order valence-electron chi connectivity index (χ2n) is 3.70. The summed E-state index contributed by atoms with van der Waals surface area (Å²) < 4.78 is 2.21.